The molecule has 0 unspecified atom stereocenters. The lowest BCUT2D eigenvalue weighted by Crippen LogP contribution is -2.39. The molecule has 0 spiro atoms. The summed E-state index contributed by atoms with van der Waals surface area (Å²) in [6, 6.07) is 0. The average molecular weight is 171 g/mol. The first-order valence-corrected chi connectivity index (χ1v) is 4.98. The van der Waals surface area contributed by atoms with Crippen molar-refractivity contribution in [2.75, 3.05) is 19.7 Å². The van der Waals surface area contributed by atoms with Gasteiger partial charge in [0.1, 0.15) is 0 Å². The molecule has 0 saturated heterocycles. The quantitative estimate of drug-likeness (QED) is 0.613. The van der Waals surface area contributed by atoms with Crippen molar-refractivity contribution in [1.82, 2.24) is 5.32 Å². The monoisotopic (exact) mass is 171 g/mol. The van der Waals surface area contributed by atoms with Crippen LogP contribution >= 0.6 is 0 Å². The zero-order valence-electron chi connectivity index (χ0n) is 8.27. The fourth-order valence-electron chi connectivity index (χ4n) is 1.82. The molecule has 0 aliphatic heterocycles. The van der Waals surface area contributed by atoms with Crippen LogP contribution in [0.25, 0.3) is 0 Å². The number of hydrogen-bond acceptors (Lipinski definition) is 2. The van der Waals surface area contributed by atoms with Crippen molar-refractivity contribution in [3.05, 3.63) is 0 Å². The van der Waals surface area contributed by atoms with Crippen molar-refractivity contribution in [1.29, 1.82) is 0 Å². The van der Waals surface area contributed by atoms with Crippen LogP contribution in [0, 0.1) is 11.3 Å². The molecule has 72 valence electrons. The van der Waals surface area contributed by atoms with Gasteiger partial charge in [-0.25, -0.2) is 0 Å². The van der Waals surface area contributed by atoms with E-state index in [1.165, 1.54) is 19.3 Å². The Labute approximate surface area is 75.4 Å². The van der Waals surface area contributed by atoms with Gasteiger partial charge in [0.2, 0.25) is 0 Å². The third-order valence-corrected chi connectivity index (χ3v) is 3.08. The van der Waals surface area contributed by atoms with Gasteiger partial charge in [0.25, 0.3) is 0 Å². The van der Waals surface area contributed by atoms with Crippen molar-refractivity contribution in [2.45, 2.75) is 33.1 Å². The third kappa shape index (κ3) is 2.46. The van der Waals surface area contributed by atoms with E-state index in [0.717, 1.165) is 19.0 Å². The summed E-state index contributed by atoms with van der Waals surface area (Å²) < 4.78 is 0. The Morgan fingerprint density at radius 1 is 1.42 bits per heavy atom. The van der Waals surface area contributed by atoms with Gasteiger partial charge in [-0.2, -0.15) is 0 Å². The Balaban J connectivity index is 2.17. The van der Waals surface area contributed by atoms with Gasteiger partial charge < -0.3 is 10.4 Å². The first-order valence-electron chi connectivity index (χ1n) is 4.98. The van der Waals surface area contributed by atoms with Crippen LogP contribution < -0.4 is 5.32 Å². The van der Waals surface area contributed by atoms with Gasteiger partial charge in [0.15, 0.2) is 0 Å². The Kier molecular flexibility index (Phi) is 3.53. The van der Waals surface area contributed by atoms with E-state index >= 15 is 0 Å². The van der Waals surface area contributed by atoms with Crippen LogP contribution in [-0.4, -0.2) is 24.8 Å². The highest BCUT2D eigenvalue weighted by molar-refractivity contribution is 4.85. The van der Waals surface area contributed by atoms with E-state index in [-0.39, 0.29) is 6.61 Å². The molecular weight excluding hydrogens is 150 g/mol. The molecule has 0 bridgehead atoms. The number of aliphatic hydroxyl groups excluding tert-OH is 1. The number of nitrogens with one attached hydrogen (secondary N) is 1. The zero-order valence-corrected chi connectivity index (χ0v) is 8.27. The highest BCUT2D eigenvalue weighted by Crippen LogP contribution is 2.40. The molecule has 0 aromatic rings. The Morgan fingerprint density at radius 2 is 2.08 bits per heavy atom. The number of rotatable bonds is 5. The number of hydrogen-bond donors (Lipinski definition) is 2. The molecule has 0 amide bonds. The van der Waals surface area contributed by atoms with E-state index in [2.05, 4.69) is 19.2 Å². The molecule has 0 radical (unpaired) electrons. The second-order valence-corrected chi connectivity index (χ2v) is 4.52. The van der Waals surface area contributed by atoms with E-state index in [1.807, 2.05) is 0 Å². The first-order chi connectivity index (χ1) is 5.67. The molecule has 1 rings (SSSR count). The summed E-state index contributed by atoms with van der Waals surface area (Å²) in [5, 5.41) is 11.9. The Hall–Kier alpha value is -0.0800. The van der Waals surface area contributed by atoms with E-state index in [9.17, 15) is 0 Å². The lowest BCUT2D eigenvalue weighted by Gasteiger charge is -2.40. The predicted octanol–water partition coefficient (Wildman–Crippen LogP) is 1.39. The molecule has 2 N–H and O–H groups in total. The summed E-state index contributed by atoms with van der Waals surface area (Å²) in [5.74, 6) is 0.906. The summed E-state index contributed by atoms with van der Waals surface area (Å²) in [6.07, 6.45) is 4.20. The fourth-order valence-corrected chi connectivity index (χ4v) is 1.82. The normalized spacial score (nSPS) is 19.2. The number of aliphatic hydroxyl groups is 1. The molecule has 1 saturated carbocycles. The van der Waals surface area contributed by atoms with Crippen molar-refractivity contribution < 1.29 is 5.11 Å². The van der Waals surface area contributed by atoms with Gasteiger partial charge in [0, 0.05) is 13.1 Å². The molecule has 1 aliphatic rings. The maximum absolute atomic E-state index is 8.61. The van der Waals surface area contributed by atoms with E-state index in [0.29, 0.717) is 5.41 Å². The van der Waals surface area contributed by atoms with Gasteiger partial charge in [-0.15, -0.1) is 0 Å². The summed E-state index contributed by atoms with van der Waals surface area (Å²) in [5.41, 5.74) is 0.424. The minimum Gasteiger partial charge on any atom is -0.395 e. The molecule has 1 aliphatic carbocycles. The third-order valence-electron chi connectivity index (χ3n) is 3.08. The highest BCUT2D eigenvalue weighted by atomic mass is 16.3. The van der Waals surface area contributed by atoms with Crippen molar-refractivity contribution >= 4 is 0 Å². The SMILES string of the molecule is CC(C)(CNCCO)C1CCC1. The zero-order chi connectivity index (χ0) is 9.03. The fraction of sp³-hybridized carbons (Fsp3) is 1.00. The van der Waals surface area contributed by atoms with Gasteiger partial charge in [0.05, 0.1) is 6.61 Å². The van der Waals surface area contributed by atoms with Crippen LogP contribution in [0.4, 0.5) is 0 Å². The van der Waals surface area contributed by atoms with Gasteiger partial charge in [-0.3, -0.25) is 0 Å². The molecular formula is C10H21NO. The lowest BCUT2D eigenvalue weighted by atomic mass is 9.67. The second kappa shape index (κ2) is 4.24. The maximum atomic E-state index is 8.61. The van der Waals surface area contributed by atoms with Crippen molar-refractivity contribution in [2.24, 2.45) is 11.3 Å². The van der Waals surface area contributed by atoms with E-state index in [4.69, 9.17) is 5.11 Å². The lowest BCUT2D eigenvalue weighted by molar-refractivity contribution is 0.117. The van der Waals surface area contributed by atoms with Crippen molar-refractivity contribution in [3.8, 4) is 0 Å². The van der Waals surface area contributed by atoms with Gasteiger partial charge in [-0.05, 0) is 24.2 Å². The second-order valence-electron chi connectivity index (χ2n) is 4.52. The van der Waals surface area contributed by atoms with Crippen LogP contribution in [0.2, 0.25) is 0 Å². The standard InChI is InChI=1S/C10H21NO/c1-10(2,8-11-6-7-12)9-4-3-5-9/h9,11-12H,3-8H2,1-2H3. The van der Waals surface area contributed by atoms with E-state index in [1.54, 1.807) is 0 Å². The smallest absolute Gasteiger partial charge is 0.0555 e. The van der Waals surface area contributed by atoms with Crippen LogP contribution in [-0.2, 0) is 0 Å². The summed E-state index contributed by atoms with van der Waals surface area (Å²) >= 11 is 0. The molecule has 2 nitrogen and oxygen atoms in total. The van der Waals surface area contributed by atoms with Crippen molar-refractivity contribution in [3.63, 3.8) is 0 Å². The van der Waals surface area contributed by atoms with Crippen LogP contribution in [0.15, 0.2) is 0 Å². The molecule has 2 heteroatoms. The molecule has 0 atom stereocenters. The molecule has 12 heavy (non-hydrogen) atoms. The van der Waals surface area contributed by atoms with Crippen LogP contribution in [0.3, 0.4) is 0 Å². The summed E-state index contributed by atoms with van der Waals surface area (Å²) in [6.45, 7) is 6.66. The van der Waals surface area contributed by atoms with Gasteiger partial charge >= 0.3 is 0 Å². The van der Waals surface area contributed by atoms with Crippen LogP contribution in [0.5, 0.6) is 0 Å². The van der Waals surface area contributed by atoms with E-state index < -0.39 is 0 Å². The van der Waals surface area contributed by atoms with Crippen LogP contribution in [0.1, 0.15) is 33.1 Å². The predicted molar refractivity (Wildman–Crippen MR) is 51.1 cm³/mol. The first kappa shape index (κ1) is 10.0. The average Bonchev–Trinajstić information content (AvgIpc) is 1.82. The largest absolute Gasteiger partial charge is 0.395 e. The van der Waals surface area contributed by atoms with Gasteiger partial charge in [-0.1, -0.05) is 20.3 Å². The molecule has 0 heterocycles. The topological polar surface area (TPSA) is 32.3 Å². The summed E-state index contributed by atoms with van der Waals surface area (Å²) in [4.78, 5) is 0. The Morgan fingerprint density at radius 3 is 2.50 bits per heavy atom. The summed E-state index contributed by atoms with van der Waals surface area (Å²) in [7, 11) is 0. The highest BCUT2D eigenvalue weighted by Gasteiger charge is 2.33. The minimum atomic E-state index is 0.251. The molecule has 0 aromatic heterocycles. The molecule has 1 fully saturated rings. The Bertz CT molecular complexity index is 130. The maximum Gasteiger partial charge on any atom is 0.0555 e. The minimum absolute atomic E-state index is 0.251. The molecule has 0 aromatic carbocycles.